The van der Waals surface area contributed by atoms with Crippen molar-refractivity contribution in [2.75, 3.05) is 13.2 Å². The number of rotatable bonds is 2. The van der Waals surface area contributed by atoms with E-state index in [0.29, 0.717) is 26.1 Å². The van der Waals surface area contributed by atoms with Crippen molar-refractivity contribution in [2.45, 2.75) is 25.3 Å². The van der Waals surface area contributed by atoms with Crippen LogP contribution in [0.25, 0.3) is 0 Å². The van der Waals surface area contributed by atoms with E-state index in [1.54, 1.807) is 0 Å². The quantitative estimate of drug-likeness (QED) is 0.734. The molecule has 1 aliphatic heterocycles. The summed E-state index contributed by atoms with van der Waals surface area (Å²) in [4.78, 5) is 0. The minimum atomic E-state index is -2.39. The van der Waals surface area contributed by atoms with Crippen LogP contribution < -0.4 is 5.73 Å². The molecule has 2 N–H and O–H groups in total. The summed E-state index contributed by atoms with van der Waals surface area (Å²) in [6.45, 7) is 1.15. The molecule has 0 radical (unpaired) electrons. The molecule has 0 amide bonds. The zero-order valence-corrected chi connectivity index (χ0v) is 7.53. The summed E-state index contributed by atoms with van der Waals surface area (Å²) in [5.74, 6) is -0.0521. The molecule has 0 spiro atoms. The van der Waals surface area contributed by atoms with E-state index in [9.17, 15) is 8.78 Å². The number of hydrogen-bond acceptors (Lipinski definition) is 2. The van der Waals surface area contributed by atoms with E-state index < -0.39 is 12.5 Å². The van der Waals surface area contributed by atoms with Gasteiger partial charge in [0.2, 0.25) is 0 Å². The number of hydrogen-bond donors (Lipinski definition) is 1. The largest absolute Gasteiger partial charge is 0.381 e. The van der Waals surface area contributed by atoms with Crippen molar-refractivity contribution in [1.29, 1.82) is 0 Å². The molecule has 2 nitrogen and oxygen atoms in total. The maximum absolute atomic E-state index is 12.0. The second-order valence-electron chi connectivity index (χ2n) is 2.86. The molecule has 1 rings (SSSR count). The van der Waals surface area contributed by atoms with Gasteiger partial charge in [0.1, 0.15) is 0 Å². The van der Waals surface area contributed by atoms with Gasteiger partial charge in [0.25, 0.3) is 6.43 Å². The highest BCUT2D eigenvalue weighted by atomic mass is 35.5. The van der Waals surface area contributed by atoms with Crippen LogP contribution in [-0.4, -0.2) is 25.7 Å². The third kappa shape index (κ3) is 3.21. The standard InChI is InChI=1S/C7H13F2NO.ClH/c8-7(9)6(10)5-1-3-11-4-2-5;/h5-7H,1-4,10H2;1H/t6-;/m1./s1. The second kappa shape index (κ2) is 5.67. The van der Waals surface area contributed by atoms with Crippen LogP contribution in [-0.2, 0) is 4.74 Å². The molecule has 1 fully saturated rings. The molecule has 1 atom stereocenters. The molecule has 1 heterocycles. The summed E-state index contributed by atoms with van der Waals surface area (Å²) < 4.78 is 29.1. The fourth-order valence-corrected chi connectivity index (χ4v) is 1.31. The van der Waals surface area contributed by atoms with Crippen LogP contribution in [0.2, 0.25) is 0 Å². The number of halogens is 3. The van der Waals surface area contributed by atoms with Crippen LogP contribution in [0.4, 0.5) is 8.78 Å². The minimum Gasteiger partial charge on any atom is -0.381 e. The molecule has 0 aromatic rings. The van der Waals surface area contributed by atoms with Gasteiger partial charge in [-0.1, -0.05) is 0 Å². The van der Waals surface area contributed by atoms with Crippen LogP contribution in [0.3, 0.4) is 0 Å². The van der Waals surface area contributed by atoms with E-state index in [2.05, 4.69) is 0 Å². The van der Waals surface area contributed by atoms with Gasteiger partial charge in [-0.3, -0.25) is 0 Å². The maximum atomic E-state index is 12.0. The van der Waals surface area contributed by atoms with Gasteiger partial charge < -0.3 is 10.5 Å². The Hall–Kier alpha value is 0.0700. The molecule has 0 saturated carbocycles. The van der Waals surface area contributed by atoms with Crippen LogP contribution >= 0.6 is 12.4 Å². The fourth-order valence-electron chi connectivity index (χ4n) is 1.31. The molecular formula is C7H14ClF2NO. The molecule has 0 bridgehead atoms. The first-order valence-electron chi connectivity index (χ1n) is 3.83. The monoisotopic (exact) mass is 201 g/mol. The Morgan fingerprint density at radius 1 is 1.25 bits per heavy atom. The number of nitrogens with two attached hydrogens (primary N) is 1. The lowest BCUT2D eigenvalue weighted by Gasteiger charge is -2.26. The Kier molecular flexibility index (Phi) is 5.70. The van der Waals surface area contributed by atoms with Gasteiger partial charge in [-0.2, -0.15) is 0 Å². The second-order valence-corrected chi connectivity index (χ2v) is 2.86. The first-order valence-corrected chi connectivity index (χ1v) is 3.83. The zero-order chi connectivity index (χ0) is 8.27. The van der Waals surface area contributed by atoms with Crippen LogP contribution in [0.5, 0.6) is 0 Å². The summed E-state index contributed by atoms with van der Waals surface area (Å²) in [7, 11) is 0. The first kappa shape index (κ1) is 12.1. The molecule has 5 heteroatoms. The molecule has 1 aliphatic rings. The Bertz CT molecular complexity index is 120. The van der Waals surface area contributed by atoms with Gasteiger partial charge in [-0.25, -0.2) is 8.78 Å². The van der Waals surface area contributed by atoms with E-state index in [1.165, 1.54) is 0 Å². The van der Waals surface area contributed by atoms with Gasteiger partial charge in [0, 0.05) is 13.2 Å². The summed E-state index contributed by atoms with van der Waals surface area (Å²) in [6, 6.07) is -0.959. The van der Waals surface area contributed by atoms with Gasteiger partial charge in [0.05, 0.1) is 6.04 Å². The zero-order valence-electron chi connectivity index (χ0n) is 6.71. The van der Waals surface area contributed by atoms with Crippen molar-refractivity contribution in [3.63, 3.8) is 0 Å². The van der Waals surface area contributed by atoms with Gasteiger partial charge in [-0.15, -0.1) is 12.4 Å². The topological polar surface area (TPSA) is 35.2 Å². The minimum absolute atomic E-state index is 0. The lowest BCUT2D eigenvalue weighted by molar-refractivity contribution is 0.0209. The van der Waals surface area contributed by atoms with Crippen molar-refractivity contribution >= 4 is 12.4 Å². The maximum Gasteiger partial charge on any atom is 0.253 e. The van der Waals surface area contributed by atoms with Crippen molar-refractivity contribution in [3.8, 4) is 0 Å². The van der Waals surface area contributed by atoms with Gasteiger partial charge in [0.15, 0.2) is 0 Å². The molecular weight excluding hydrogens is 188 g/mol. The number of alkyl halides is 2. The lowest BCUT2D eigenvalue weighted by Crippen LogP contribution is -2.39. The average Bonchev–Trinajstić information content (AvgIpc) is 2.05. The Morgan fingerprint density at radius 2 is 1.75 bits per heavy atom. The molecule has 12 heavy (non-hydrogen) atoms. The van der Waals surface area contributed by atoms with E-state index in [-0.39, 0.29) is 18.3 Å². The molecule has 0 aliphatic carbocycles. The summed E-state index contributed by atoms with van der Waals surface area (Å²) in [5, 5.41) is 0. The average molecular weight is 202 g/mol. The van der Waals surface area contributed by atoms with Crippen molar-refractivity contribution in [3.05, 3.63) is 0 Å². The van der Waals surface area contributed by atoms with Crippen molar-refractivity contribution in [2.24, 2.45) is 11.7 Å². The highest BCUT2D eigenvalue weighted by molar-refractivity contribution is 5.85. The highest BCUT2D eigenvalue weighted by Crippen LogP contribution is 2.20. The van der Waals surface area contributed by atoms with Crippen molar-refractivity contribution in [1.82, 2.24) is 0 Å². The van der Waals surface area contributed by atoms with Gasteiger partial charge >= 0.3 is 0 Å². The molecule has 74 valence electrons. The van der Waals surface area contributed by atoms with E-state index in [0.717, 1.165) is 0 Å². The molecule has 0 unspecified atom stereocenters. The summed E-state index contributed by atoms with van der Waals surface area (Å²) in [5.41, 5.74) is 5.29. The summed E-state index contributed by atoms with van der Waals surface area (Å²) >= 11 is 0. The Labute approximate surface area is 76.9 Å². The Morgan fingerprint density at radius 3 is 2.17 bits per heavy atom. The molecule has 0 aromatic carbocycles. The van der Waals surface area contributed by atoms with E-state index in [4.69, 9.17) is 10.5 Å². The van der Waals surface area contributed by atoms with Gasteiger partial charge in [-0.05, 0) is 18.8 Å². The third-order valence-electron chi connectivity index (χ3n) is 2.10. The normalized spacial score (nSPS) is 22.0. The summed E-state index contributed by atoms with van der Waals surface area (Å²) in [6.07, 6.45) is -1.05. The SMILES string of the molecule is Cl.N[C@@H](C(F)F)C1CCOCC1. The number of ether oxygens (including phenoxy) is 1. The third-order valence-corrected chi connectivity index (χ3v) is 2.10. The van der Waals surface area contributed by atoms with Crippen LogP contribution in [0.1, 0.15) is 12.8 Å². The smallest absolute Gasteiger partial charge is 0.253 e. The van der Waals surface area contributed by atoms with E-state index in [1.807, 2.05) is 0 Å². The predicted molar refractivity (Wildman–Crippen MR) is 44.8 cm³/mol. The van der Waals surface area contributed by atoms with Crippen LogP contribution in [0.15, 0.2) is 0 Å². The molecule has 0 aromatic heterocycles. The lowest BCUT2D eigenvalue weighted by atomic mass is 9.93. The molecule has 1 saturated heterocycles. The fraction of sp³-hybridized carbons (Fsp3) is 1.00. The van der Waals surface area contributed by atoms with Crippen molar-refractivity contribution < 1.29 is 13.5 Å². The first-order chi connectivity index (χ1) is 5.22. The Balaban J connectivity index is 0.00000121. The highest BCUT2D eigenvalue weighted by Gasteiger charge is 2.27. The van der Waals surface area contributed by atoms with Crippen LogP contribution in [0, 0.1) is 5.92 Å². The van der Waals surface area contributed by atoms with E-state index >= 15 is 0 Å². The predicted octanol–water partition coefficient (Wildman–Crippen LogP) is 1.43.